The lowest BCUT2D eigenvalue weighted by molar-refractivity contribution is 0.0926. The SMILES string of the molecule is CN(C)c1nc2sc(C(=O)NCC3(C)CCNCC3)cc2s1. The predicted octanol–water partition coefficient (Wildman–Crippen LogP) is 2.54. The lowest BCUT2D eigenvalue weighted by atomic mass is 9.81. The van der Waals surface area contributed by atoms with Crippen LogP contribution in [0.25, 0.3) is 9.53 Å². The molecule has 0 unspecified atom stereocenters. The molecular formula is C15H22N4OS2. The number of carbonyl (C=O) groups is 1. The molecule has 0 bridgehead atoms. The molecule has 0 spiro atoms. The molecule has 1 fully saturated rings. The fraction of sp³-hybridized carbons (Fsp3) is 0.600. The van der Waals surface area contributed by atoms with Crippen LogP contribution in [0.5, 0.6) is 0 Å². The average molecular weight is 339 g/mol. The zero-order valence-electron chi connectivity index (χ0n) is 13.2. The van der Waals surface area contributed by atoms with E-state index >= 15 is 0 Å². The van der Waals surface area contributed by atoms with Crippen molar-refractivity contribution in [3.05, 3.63) is 10.9 Å². The van der Waals surface area contributed by atoms with Gasteiger partial charge in [-0.15, -0.1) is 11.3 Å². The van der Waals surface area contributed by atoms with Crippen LogP contribution in [0.15, 0.2) is 6.07 Å². The summed E-state index contributed by atoms with van der Waals surface area (Å²) in [4.78, 5) is 20.6. The molecule has 0 saturated carbocycles. The summed E-state index contributed by atoms with van der Waals surface area (Å²) in [5, 5.41) is 7.46. The number of anilines is 1. The smallest absolute Gasteiger partial charge is 0.261 e. The van der Waals surface area contributed by atoms with Crippen LogP contribution in [-0.2, 0) is 0 Å². The normalized spacial score (nSPS) is 17.6. The summed E-state index contributed by atoms with van der Waals surface area (Å²) in [7, 11) is 3.96. The zero-order chi connectivity index (χ0) is 15.7. The predicted molar refractivity (Wildman–Crippen MR) is 94.4 cm³/mol. The van der Waals surface area contributed by atoms with Gasteiger partial charge >= 0.3 is 0 Å². The van der Waals surface area contributed by atoms with Crippen molar-refractivity contribution in [2.45, 2.75) is 19.8 Å². The topological polar surface area (TPSA) is 57.3 Å². The quantitative estimate of drug-likeness (QED) is 0.899. The highest BCUT2D eigenvalue weighted by molar-refractivity contribution is 7.29. The van der Waals surface area contributed by atoms with Gasteiger partial charge in [0, 0.05) is 20.6 Å². The van der Waals surface area contributed by atoms with Crippen molar-refractivity contribution >= 4 is 43.2 Å². The minimum Gasteiger partial charge on any atom is -0.354 e. The first-order valence-electron chi connectivity index (χ1n) is 7.53. The molecule has 0 atom stereocenters. The van der Waals surface area contributed by atoms with E-state index in [2.05, 4.69) is 22.5 Å². The van der Waals surface area contributed by atoms with E-state index in [1.54, 1.807) is 11.3 Å². The maximum Gasteiger partial charge on any atom is 0.261 e. The molecule has 1 amide bonds. The number of hydrogen-bond donors (Lipinski definition) is 2. The van der Waals surface area contributed by atoms with E-state index in [1.807, 2.05) is 25.1 Å². The number of thiophene rings is 1. The minimum absolute atomic E-state index is 0.0290. The number of carbonyl (C=O) groups excluding carboxylic acids is 1. The summed E-state index contributed by atoms with van der Waals surface area (Å²) >= 11 is 3.10. The Labute approximate surface area is 138 Å². The van der Waals surface area contributed by atoms with E-state index in [9.17, 15) is 4.79 Å². The molecule has 1 aliphatic rings. The molecule has 3 heterocycles. The van der Waals surface area contributed by atoms with Crippen molar-refractivity contribution in [1.82, 2.24) is 15.6 Å². The summed E-state index contributed by atoms with van der Waals surface area (Å²) in [6.07, 6.45) is 2.22. The summed E-state index contributed by atoms with van der Waals surface area (Å²) in [5.74, 6) is 0.0290. The molecule has 7 heteroatoms. The number of aromatic nitrogens is 1. The van der Waals surface area contributed by atoms with Gasteiger partial charge in [0.2, 0.25) is 0 Å². The molecule has 0 aromatic carbocycles. The van der Waals surface area contributed by atoms with Gasteiger partial charge in [-0.1, -0.05) is 18.3 Å². The first kappa shape index (κ1) is 15.7. The average Bonchev–Trinajstić information content (AvgIpc) is 3.04. The number of thiazole rings is 1. The molecule has 2 N–H and O–H groups in total. The number of piperidine rings is 1. The molecule has 1 aliphatic heterocycles. The molecule has 5 nitrogen and oxygen atoms in total. The second kappa shape index (κ2) is 6.14. The Hall–Kier alpha value is -1.18. The third-order valence-corrected chi connectivity index (χ3v) is 6.50. The van der Waals surface area contributed by atoms with Crippen LogP contribution in [0.2, 0.25) is 0 Å². The fourth-order valence-corrected chi connectivity index (χ4v) is 4.66. The number of nitrogens with one attached hydrogen (secondary N) is 2. The molecule has 0 aliphatic carbocycles. The van der Waals surface area contributed by atoms with E-state index in [0.717, 1.165) is 52.0 Å². The van der Waals surface area contributed by atoms with Crippen molar-refractivity contribution in [2.24, 2.45) is 5.41 Å². The summed E-state index contributed by atoms with van der Waals surface area (Å²) in [6, 6.07) is 1.96. The number of fused-ring (bicyclic) bond motifs is 1. The molecule has 2 aromatic heterocycles. The molecule has 2 aromatic rings. The molecule has 22 heavy (non-hydrogen) atoms. The van der Waals surface area contributed by atoms with Crippen LogP contribution in [-0.4, -0.2) is 44.6 Å². The lowest BCUT2D eigenvalue weighted by Crippen LogP contribution is -2.42. The van der Waals surface area contributed by atoms with Crippen LogP contribution in [0, 0.1) is 5.41 Å². The molecule has 0 radical (unpaired) electrons. The van der Waals surface area contributed by atoms with Crippen LogP contribution in [0.4, 0.5) is 5.13 Å². The van der Waals surface area contributed by atoms with Gasteiger partial charge in [-0.25, -0.2) is 4.98 Å². The maximum absolute atomic E-state index is 12.4. The van der Waals surface area contributed by atoms with Crippen LogP contribution in [0.1, 0.15) is 29.4 Å². The van der Waals surface area contributed by atoms with Crippen molar-refractivity contribution < 1.29 is 4.79 Å². The van der Waals surface area contributed by atoms with Gasteiger partial charge in [0.05, 0.1) is 9.58 Å². The van der Waals surface area contributed by atoms with E-state index in [1.165, 1.54) is 11.3 Å². The summed E-state index contributed by atoms with van der Waals surface area (Å²) in [5.41, 5.74) is 0.214. The van der Waals surface area contributed by atoms with Gasteiger partial charge in [0.1, 0.15) is 4.83 Å². The first-order valence-corrected chi connectivity index (χ1v) is 9.17. The Kier molecular flexibility index (Phi) is 4.38. The van der Waals surface area contributed by atoms with Gasteiger partial charge in [-0.2, -0.15) is 0 Å². The summed E-state index contributed by atoms with van der Waals surface area (Å²) in [6.45, 7) is 5.08. The van der Waals surface area contributed by atoms with Gasteiger partial charge in [-0.3, -0.25) is 4.79 Å². The van der Waals surface area contributed by atoms with Gasteiger partial charge in [-0.05, 0) is 37.4 Å². The van der Waals surface area contributed by atoms with Crippen molar-refractivity contribution in [1.29, 1.82) is 0 Å². The fourth-order valence-electron chi connectivity index (χ4n) is 2.61. The number of nitrogens with zero attached hydrogens (tertiary/aromatic N) is 2. The van der Waals surface area contributed by atoms with Crippen molar-refractivity contribution in [3.8, 4) is 0 Å². The van der Waals surface area contributed by atoms with Gasteiger partial charge < -0.3 is 15.5 Å². The van der Waals surface area contributed by atoms with E-state index in [-0.39, 0.29) is 11.3 Å². The van der Waals surface area contributed by atoms with Crippen LogP contribution >= 0.6 is 22.7 Å². The largest absolute Gasteiger partial charge is 0.354 e. The lowest BCUT2D eigenvalue weighted by Gasteiger charge is -2.34. The zero-order valence-corrected chi connectivity index (χ0v) is 14.9. The van der Waals surface area contributed by atoms with Crippen LogP contribution in [0.3, 0.4) is 0 Å². The Balaban J connectivity index is 1.65. The minimum atomic E-state index is 0.0290. The van der Waals surface area contributed by atoms with Crippen LogP contribution < -0.4 is 15.5 Å². The van der Waals surface area contributed by atoms with Crippen molar-refractivity contribution in [2.75, 3.05) is 38.6 Å². The Bertz CT molecular complexity index is 639. The summed E-state index contributed by atoms with van der Waals surface area (Å²) < 4.78 is 1.09. The third-order valence-electron chi connectivity index (χ3n) is 4.17. The molecule has 1 saturated heterocycles. The van der Waals surface area contributed by atoms with Crippen molar-refractivity contribution in [3.63, 3.8) is 0 Å². The molecular weight excluding hydrogens is 316 g/mol. The number of amides is 1. The number of hydrogen-bond acceptors (Lipinski definition) is 6. The Morgan fingerprint density at radius 2 is 2.14 bits per heavy atom. The second-order valence-electron chi connectivity index (χ2n) is 6.41. The monoisotopic (exact) mass is 338 g/mol. The van der Waals surface area contributed by atoms with E-state index in [4.69, 9.17) is 0 Å². The standard InChI is InChI=1S/C15H22N4OS2/c1-15(4-6-16-7-5-15)9-17-12(20)10-8-11-13(21-10)18-14(22-11)19(2)3/h8,16H,4-7,9H2,1-3H3,(H,17,20). The molecule has 3 rings (SSSR count). The maximum atomic E-state index is 12.4. The Morgan fingerprint density at radius 1 is 1.41 bits per heavy atom. The van der Waals surface area contributed by atoms with Gasteiger partial charge in [0.15, 0.2) is 5.13 Å². The third kappa shape index (κ3) is 3.26. The molecule has 120 valence electrons. The van der Waals surface area contributed by atoms with E-state index < -0.39 is 0 Å². The number of rotatable bonds is 4. The second-order valence-corrected chi connectivity index (χ2v) is 8.45. The highest BCUT2D eigenvalue weighted by atomic mass is 32.1. The highest BCUT2D eigenvalue weighted by Crippen LogP contribution is 2.34. The first-order chi connectivity index (χ1) is 10.5. The van der Waals surface area contributed by atoms with Gasteiger partial charge in [0.25, 0.3) is 5.91 Å². The van der Waals surface area contributed by atoms with E-state index in [0.29, 0.717) is 0 Å². The highest BCUT2D eigenvalue weighted by Gasteiger charge is 2.27. The Morgan fingerprint density at radius 3 is 2.77 bits per heavy atom.